The van der Waals surface area contributed by atoms with Crippen LogP contribution in [0.25, 0.3) is 32.9 Å². The summed E-state index contributed by atoms with van der Waals surface area (Å²) < 4.78 is 0. The maximum Gasteiger partial charge on any atom is 0.137 e. The van der Waals surface area contributed by atoms with Crippen molar-refractivity contribution in [3.05, 3.63) is 55.0 Å². The Hall–Kier alpha value is -2.88. The molecule has 3 heterocycles. The first-order valence-electron chi connectivity index (χ1n) is 6.40. The van der Waals surface area contributed by atoms with Crippen molar-refractivity contribution in [2.75, 3.05) is 5.73 Å². The molecule has 0 aliphatic carbocycles. The summed E-state index contributed by atoms with van der Waals surface area (Å²) in [6.45, 7) is 0. The molecule has 1 aromatic carbocycles. The number of nitrogens with two attached hydrogens (primary N) is 1. The van der Waals surface area contributed by atoms with E-state index in [-0.39, 0.29) is 0 Å². The Kier molecular flexibility index (Phi) is 2.23. The summed E-state index contributed by atoms with van der Waals surface area (Å²) in [7, 11) is 0. The molecule has 4 aromatic rings. The maximum absolute atomic E-state index is 5.96. The number of hydrogen-bond acceptors (Lipinski definition) is 3. The van der Waals surface area contributed by atoms with Gasteiger partial charge in [0.15, 0.2) is 0 Å². The van der Waals surface area contributed by atoms with Gasteiger partial charge in [0.1, 0.15) is 11.5 Å². The zero-order valence-electron chi connectivity index (χ0n) is 10.7. The molecule has 20 heavy (non-hydrogen) atoms. The van der Waals surface area contributed by atoms with Crippen LogP contribution >= 0.6 is 0 Å². The number of aromatic amines is 1. The summed E-state index contributed by atoms with van der Waals surface area (Å²) in [6.07, 6.45) is 5.52. The van der Waals surface area contributed by atoms with Gasteiger partial charge in [0.2, 0.25) is 0 Å². The second-order valence-electron chi connectivity index (χ2n) is 4.70. The van der Waals surface area contributed by atoms with Crippen molar-refractivity contribution in [1.82, 2.24) is 15.0 Å². The lowest BCUT2D eigenvalue weighted by Crippen LogP contribution is -1.91. The maximum atomic E-state index is 5.96. The van der Waals surface area contributed by atoms with Gasteiger partial charge in [0.05, 0.1) is 0 Å². The van der Waals surface area contributed by atoms with E-state index in [0.29, 0.717) is 5.82 Å². The van der Waals surface area contributed by atoms with Gasteiger partial charge in [-0.15, -0.1) is 0 Å². The van der Waals surface area contributed by atoms with Crippen molar-refractivity contribution in [2.45, 2.75) is 0 Å². The van der Waals surface area contributed by atoms with Crippen LogP contribution in [0.2, 0.25) is 0 Å². The fourth-order valence-corrected chi connectivity index (χ4v) is 2.64. The van der Waals surface area contributed by atoms with E-state index in [2.05, 4.69) is 27.1 Å². The van der Waals surface area contributed by atoms with Gasteiger partial charge >= 0.3 is 0 Å². The Morgan fingerprint density at radius 1 is 0.800 bits per heavy atom. The van der Waals surface area contributed by atoms with E-state index in [1.165, 1.54) is 0 Å². The van der Waals surface area contributed by atoms with Crippen molar-refractivity contribution in [3.63, 3.8) is 0 Å². The number of rotatable bonds is 1. The number of fused-ring (bicyclic) bond motifs is 2. The van der Waals surface area contributed by atoms with Gasteiger partial charge in [0.25, 0.3) is 0 Å². The predicted octanol–water partition coefficient (Wildman–Crippen LogP) is 3.36. The monoisotopic (exact) mass is 260 g/mol. The van der Waals surface area contributed by atoms with Crippen molar-refractivity contribution in [1.29, 1.82) is 0 Å². The third-order valence-electron chi connectivity index (χ3n) is 3.58. The lowest BCUT2D eigenvalue weighted by atomic mass is 9.99. The first kappa shape index (κ1) is 11.0. The molecule has 0 bridgehead atoms. The molecule has 3 N–H and O–H groups in total. The summed E-state index contributed by atoms with van der Waals surface area (Å²) >= 11 is 0. The van der Waals surface area contributed by atoms with E-state index >= 15 is 0 Å². The molecule has 0 spiro atoms. The van der Waals surface area contributed by atoms with E-state index in [4.69, 9.17) is 5.73 Å². The standard InChI is InChI=1S/C16H12N4/c17-15-12-4-1-3-10(11(12)6-8-18-15)14-9-20-16-13(14)5-2-7-19-16/h1-9H,(H2,17,18)(H,19,20). The number of benzene rings is 1. The molecule has 0 amide bonds. The van der Waals surface area contributed by atoms with Crippen LogP contribution in [0.4, 0.5) is 5.82 Å². The van der Waals surface area contributed by atoms with E-state index in [1.807, 2.05) is 30.5 Å². The summed E-state index contributed by atoms with van der Waals surface area (Å²) in [5.74, 6) is 0.558. The van der Waals surface area contributed by atoms with Gasteiger partial charge in [-0.1, -0.05) is 18.2 Å². The molecule has 0 unspecified atom stereocenters. The van der Waals surface area contributed by atoms with Crippen molar-refractivity contribution < 1.29 is 0 Å². The van der Waals surface area contributed by atoms with Crippen molar-refractivity contribution in [2.24, 2.45) is 0 Å². The number of nitrogens with one attached hydrogen (secondary N) is 1. The lowest BCUT2D eigenvalue weighted by molar-refractivity contribution is 1.33. The van der Waals surface area contributed by atoms with Crippen LogP contribution in [-0.4, -0.2) is 15.0 Å². The Morgan fingerprint density at radius 3 is 2.65 bits per heavy atom. The zero-order valence-corrected chi connectivity index (χ0v) is 10.7. The van der Waals surface area contributed by atoms with Gasteiger partial charge in [0, 0.05) is 34.9 Å². The quantitative estimate of drug-likeness (QED) is 0.551. The van der Waals surface area contributed by atoms with Crippen LogP contribution in [0.15, 0.2) is 55.0 Å². The highest BCUT2D eigenvalue weighted by Crippen LogP contribution is 2.34. The number of pyridine rings is 2. The Labute approximate surface area is 115 Å². The summed E-state index contributed by atoms with van der Waals surface area (Å²) in [6, 6.07) is 12.1. The number of aromatic nitrogens is 3. The molecule has 0 fully saturated rings. The first-order valence-corrected chi connectivity index (χ1v) is 6.40. The molecule has 0 atom stereocenters. The third kappa shape index (κ3) is 1.48. The van der Waals surface area contributed by atoms with E-state index in [0.717, 1.165) is 32.9 Å². The SMILES string of the molecule is Nc1nccc2c(-c3c[nH]c4ncccc34)cccc12. The van der Waals surface area contributed by atoms with Crippen LogP contribution in [0.3, 0.4) is 0 Å². The minimum atomic E-state index is 0.558. The smallest absolute Gasteiger partial charge is 0.137 e. The molecule has 3 aromatic heterocycles. The Balaban J connectivity index is 2.10. The average molecular weight is 260 g/mol. The molecule has 0 radical (unpaired) electrons. The van der Waals surface area contributed by atoms with Crippen LogP contribution in [0, 0.1) is 0 Å². The molecular weight excluding hydrogens is 248 g/mol. The van der Waals surface area contributed by atoms with Crippen LogP contribution in [0.5, 0.6) is 0 Å². The molecular formula is C16H12N4. The summed E-state index contributed by atoms with van der Waals surface area (Å²) in [5.41, 5.74) is 9.11. The third-order valence-corrected chi connectivity index (χ3v) is 3.58. The highest BCUT2D eigenvalue weighted by atomic mass is 14.8. The lowest BCUT2D eigenvalue weighted by Gasteiger charge is -2.07. The fourth-order valence-electron chi connectivity index (χ4n) is 2.64. The van der Waals surface area contributed by atoms with Gasteiger partial charge in [-0.3, -0.25) is 0 Å². The number of hydrogen-bond donors (Lipinski definition) is 2. The Morgan fingerprint density at radius 2 is 1.70 bits per heavy atom. The molecule has 4 rings (SSSR count). The van der Waals surface area contributed by atoms with Gasteiger partial charge in [-0.25, -0.2) is 9.97 Å². The predicted molar refractivity (Wildman–Crippen MR) is 81.2 cm³/mol. The molecule has 4 heteroatoms. The van der Waals surface area contributed by atoms with Crippen LogP contribution in [0.1, 0.15) is 0 Å². The topological polar surface area (TPSA) is 67.6 Å². The molecule has 96 valence electrons. The molecule has 0 aliphatic heterocycles. The molecule has 0 aliphatic rings. The highest BCUT2D eigenvalue weighted by Gasteiger charge is 2.10. The first-order chi connectivity index (χ1) is 9.84. The van der Waals surface area contributed by atoms with Gasteiger partial charge < -0.3 is 10.7 Å². The Bertz CT molecular complexity index is 924. The minimum absolute atomic E-state index is 0.558. The number of nitrogens with zero attached hydrogens (tertiary/aromatic N) is 2. The average Bonchev–Trinajstić information content (AvgIpc) is 2.91. The highest BCUT2D eigenvalue weighted by molar-refractivity contribution is 6.06. The van der Waals surface area contributed by atoms with Crippen molar-refractivity contribution in [3.8, 4) is 11.1 Å². The van der Waals surface area contributed by atoms with E-state index in [9.17, 15) is 0 Å². The van der Waals surface area contributed by atoms with Gasteiger partial charge in [-0.2, -0.15) is 0 Å². The van der Waals surface area contributed by atoms with Crippen LogP contribution in [-0.2, 0) is 0 Å². The summed E-state index contributed by atoms with van der Waals surface area (Å²) in [4.78, 5) is 11.7. The van der Waals surface area contributed by atoms with Crippen molar-refractivity contribution >= 4 is 27.6 Å². The van der Waals surface area contributed by atoms with E-state index in [1.54, 1.807) is 12.4 Å². The zero-order chi connectivity index (χ0) is 13.5. The number of H-pyrrole nitrogens is 1. The number of anilines is 1. The fraction of sp³-hybridized carbons (Fsp3) is 0. The second kappa shape index (κ2) is 4.06. The molecule has 4 nitrogen and oxygen atoms in total. The second-order valence-corrected chi connectivity index (χ2v) is 4.70. The van der Waals surface area contributed by atoms with E-state index < -0.39 is 0 Å². The summed E-state index contributed by atoms with van der Waals surface area (Å²) in [5, 5.41) is 3.18. The largest absolute Gasteiger partial charge is 0.383 e. The molecule has 0 saturated heterocycles. The molecule has 0 saturated carbocycles. The minimum Gasteiger partial charge on any atom is -0.383 e. The number of nitrogen functional groups attached to an aromatic ring is 1. The van der Waals surface area contributed by atoms with Crippen LogP contribution < -0.4 is 5.73 Å². The normalized spacial score (nSPS) is 11.2. The van der Waals surface area contributed by atoms with Gasteiger partial charge in [-0.05, 0) is 29.1 Å².